The summed E-state index contributed by atoms with van der Waals surface area (Å²) in [5.41, 5.74) is -0.0437. The molecule has 2 aliphatic heterocycles. The van der Waals surface area contributed by atoms with Crippen molar-refractivity contribution in [1.82, 2.24) is 0 Å². The molecule has 0 bridgehead atoms. The molecule has 2 heterocycles. The van der Waals surface area contributed by atoms with Gasteiger partial charge in [-0.2, -0.15) is 0 Å². The van der Waals surface area contributed by atoms with Gasteiger partial charge in [0.05, 0.1) is 38.6 Å². The Labute approximate surface area is 226 Å². The molecule has 4 atom stereocenters. The standard InChI is InChI=1S/C28H36Br2O5/c1-3-27(17-31-18-27)23(15-25(29)33-21-11-7-5-8-12-21)35-24(28(4-2)19-32-20-28)16-26(30)34-22-13-9-6-10-14-22/h5-14,23-26H,3-4,15-20H2,1-2H3. The van der Waals surface area contributed by atoms with Crippen LogP contribution in [0.15, 0.2) is 60.7 Å². The highest BCUT2D eigenvalue weighted by Crippen LogP contribution is 2.45. The Morgan fingerprint density at radius 2 is 1.06 bits per heavy atom. The number of para-hydroxylation sites is 2. The first-order valence-corrected chi connectivity index (χ1v) is 14.3. The lowest BCUT2D eigenvalue weighted by Gasteiger charge is -2.52. The number of hydrogen-bond donors (Lipinski definition) is 0. The van der Waals surface area contributed by atoms with Crippen LogP contribution in [0.1, 0.15) is 39.5 Å². The van der Waals surface area contributed by atoms with Gasteiger partial charge in [-0.25, -0.2) is 0 Å². The minimum atomic E-state index is -0.171. The van der Waals surface area contributed by atoms with Crippen molar-refractivity contribution < 1.29 is 23.7 Å². The topological polar surface area (TPSA) is 46.2 Å². The predicted molar refractivity (Wildman–Crippen MR) is 145 cm³/mol. The van der Waals surface area contributed by atoms with Gasteiger partial charge in [0, 0.05) is 23.7 Å². The average Bonchev–Trinajstić information content (AvgIpc) is 2.79. The van der Waals surface area contributed by atoms with Crippen LogP contribution in [0.2, 0.25) is 0 Å². The van der Waals surface area contributed by atoms with Gasteiger partial charge in [0.2, 0.25) is 0 Å². The van der Waals surface area contributed by atoms with Crippen molar-refractivity contribution in [3.63, 3.8) is 0 Å². The molecule has 2 aromatic carbocycles. The maximum Gasteiger partial charge on any atom is 0.155 e. The lowest BCUT2D eigenvalue weighted by atomic mass is 9.73. The monoisotopic (exact) mass is 610 g/mol. The van der Waals surface area contributed by atoms with Crippen LogP contribution in [0.25, 0.3) is 0 Å². The molecule has 0 N–H and O–H groups in total. The second-order valence-electron chi connectivity index (χ2n) is 9.68. The summed E-state index contributed by atoms with van der Waals surface area (Å²) in [6.07, 6.45) is 3.36. The van der Waals surface area contributed by atoms with Gasteiger partial charge in [-0.15, -0.1) is 0 Å². The second-order valence-corrected chi connectivity index (χ2v) is 11.7. The summed E-state index contributed by atoms with van der Waals surface area (Å²) in [7, 11) is 0. The molecule has 5 nitrogen and oxygen atoms in total. The van der Waals surface area contributed by atoms with Gasteiger partial charge in [-0.3, -0.25) is 0 Å². The van der Waals surface area contributed by atoms with E-state index in [1.165, 1.54) is 0 Å². The number of ether oxygens (including phenoxy) is 5. The van der Waals surface area contributed by atoms with Crippen LogP contribution < -0.4 is 9.47 Å². The van der Waals surface area contributed by atoms with E-state index >= 15 is 0 Å². The van der Waals surface area contributed by atoms with Crippen LogP contribution in [0.4, 0.5) is 0 Å². The molecule has 0 radical (unpaired) electrons. The highest BCUT2D eigenvalue weighted by Gasteiger charge is 2.51. The van der Waals surface area contributed by atoms with Gasteiger partial charge in [0.1, 0.15) is 11.5 Å². The van der Waals surface area contributed by atoms with E-state index in [-0.39, 0.29) is 33.1 Å². The Morgan fingerprint density at radius 3 is 1.34 bits per heavy atom. The normalized spacial score (nSPS) is 21.6. The van der Waals surface area contributed by atoms with E-state index in [1.807, 2.05) is 60.7 Å². The maximum atomic E-state index is 7.08. The Balaban J connectivity index is 1.50. The molecule has 2 saturated heterocycles. The first-order valence-electron chi connectivity index (χ1n) is 12.5. The fraction of sp³-hybridized carbons (Fsp3) is 0.571. The maximum absolute atomic E-state index is 7.08. The summed E-state index contributed by atoms with van der Waals surface area (Å²) < 4.78 is 30.9. The minimum absolute atomic E-state index is 0.0219. The second kappa shape index (κ2) is 12.4. The van der Waals surface area contributed by atoms with Gasteiger partial charge in [-0.05, 0) is 69.0 Å². The molecule has 0 spiro atoms. The van der Waals surface area contributed by atoms with E-state index < -0.39 is 0 Å². The first kappa shape index (κ1) is 26.9. The zero-order chi connectivity index (χ0) is 24.7. The van der Waals surface area contributed by atoms with Crippen LogP contribution in [-0.2, 0) is 14.2 Å². The number of benzene rings is 2. The van der Waals surface area contributed by atoms with Gasteiger partial charge in [0.25, 0.3) is 0 Å². The summed E-state index contributed by atoms with van der Waals surface area (Å²) in [5.74, 6) is 1.68. The number of alkyl halides is 2. The van der Waals surface area contributed by atoms with Gasteiger partial charge < -0.3 is 23.7 Å². The molecule has 4 rings (SSSR count). The molecule has 2 aromatic rings. The third-order valence-corrected chi connectivity index (χ3v) is 8.60. The van der Waals surface area contributed by atoms with Crippen molar-refractivity contribution in [2.24, 2.45) is 10.8 Å². The Morgan fingerprint density at radius 1 is 0.686 bits per heavy atom. The Hall–Kier alpha value is -1.12. The van der Waals surface area contributed by atoms with Crippen molar-refractivity contribution in [1.29, 1.82) is 0 Å². The van der Waals surface area contributed by atoms with E-state index in [0.29, 0.717) is 26.4 Å². The van der Waals surface area contributed by atoms with Crippen molar-refractivity contribution in [3.05, 3.63) is 60.7 Å². The molecule has 2 fully saturated rings. The van der Waals surface area contributed by atoms with Crippen LogP contribution in [0.3, 0.4) is 0 Å². The molecule has 0 aromatic heterocycles. The molecule has 4 unspecified atom stereocenters. The Bertz CT molecular complexity index is 804. The van der Waals surface area contributed by atoms with Gasteiger partial charge in [0.15, 0.2) is 10.0 Å². The fourth-order valence-corrected chi connectivity index (χ4v) is 5.90. The number of rotatable bonds is 14. The molecular weight excluding hydrogens is 576 g/mol. The predicted octanol–water partition coefficient (Wildman–Crippen LogP) is 6.97. The largest absolute Gasteiger partial charge is 0.479 e. The van der Waals surface area contributed by atoms with Gasteiger partial charge >= 0.3 is 0 Å². The fourth-order valence-electron chi connectivity index (χ4n) is 4.79. The summed E-state index contributed by atoms with van der Waals surface area (Å²) in [5, 5.41) is -0.342. The molecule has 0 amide bonds. The average molecular weight is 612 g/mol. The molecular formula is C28H36Br2O5. The Kier molecular flexibility index (Phi) is 9.55. The third-order valence-electron chi connectivity index (χ3n) is 7.47. The van der Waals surface area contributed by atoms with E-state index in [4.69, 9.17) is 23.7 Å². The van der Waals surface area contributed by atoms with E-state index in [2.05, 4.69) is 45.7 Å². The zero-order valence-corrected chi connectivity index (χ0v) is 23.7. The summed E-state index contributed by atoms with van der Waals surface area (Å²) in [6.45, 7) is 7.28. The molecule has 2 aliphatic rings. The quantitative estimate of drug-likeness (QED) is 0.216. The molecule has 7 heteroatoms. The molecule has 35 heavy (non-hydrogen) atoms. The van der Waals surface area contributed by atoms with Gasteiger partial charge in [-0.1, -0.05) is 50.2 Å². The highest BCUT2D eigenvalue weighted by atomic mass is 79.9. The SMILES string of the molecule is CCC1(C(CC(Br)Oc2ccccc2)OC(CC(Br)Oc2ccccc2)C2(CC)COC2)COC1. The zero-order valence-electron chi connectivity index (χ0n) is 20.5. The van der Waals surface area contributed by atoms with Crippen LogP contribution in [-0.4, -0.2) is 48.7 Å². The van der Waals surface area contributed by atoms with Crippen LogP contribution >= 0.6 is 31.9 Å². The van der Waals surface area contributed by atoms with E-state index in [9.17, 15) is 0 Å². The minimum Gasteiger partial charge on any atom is -0.479 e. The molecule has 0 saturated carbocycles. The molecule has 0 aliphatic carbocycles. The first-order chi connectivity index (χ1) is 17.0. The lowest BCUT2D eigenvalue weighted by molar-refractivity contribution is -0.254. The summed E-state index contributed by atoms with van der Waals surface area (Å²) >= 11 is 7.54. The van der Waals surface area contributed by atoms with Crippen molar-refractivity contribution in [2.45, 2.75) is 61.8 Å². The number of hydrogen-bond acceptors (Lipinski definition) is 5. The van der Waals surface area contributed by atoms with Crippen LogP contribution in [0, 0.1) is 10.8 Å². The molecule has 192 valence electrons. The van der Waals surface area contributed by atoms with Crippen molar-refractivity contribution >= 4 is 31.9 Å². The van der Waals surface area contributed by atoms with Crippen molar-refractivity contribution in [2.75, 3.05) is 26.4 Å². The third kappa shape index (κ3) is 6.61. The van der Waals surface area contributed by atoms with Crippen molar-refractivity contribution in [3.8, 4) is 11.5 Å². The lowest BCUT2D eigenvalue weighted by Crippen LogP contribution is -2.58. The summed E-state index contributed by atoms with van der Waals surface area (Å²) in [4.78, 5) is 0. The van der Waals surface area contributed by atoms with E-state index in [1.54, 1.807) is 0 Å². The highest BCUT2D eigenvalue weighted by molar-refractivity contribution is 9.09. The van der Waals surface area contributed by atoms with E-state index in [0.717, 1.165) is 37.2 Å². The number of halogens is 2. The summed E-state index contributed by atoms with van der Waals surface area (Å²) in [6, 6.07) is 19.8. The van der Waals surface area contributed by atoms with Crippen LogP contribution in [0.5, 0.6) is 11.5 Å². The smallest absolute Gasteiger partial charge is 0.155 e.